The summed E-state index contributed by atoms with van der Waals surface area (Å²) in [5.41, 5.74) is 1.81. The van der Waals surface area contributed by atoms with Crippen LogP contribution in [0.3, 0.4) is 0 Å². The molecule has 0 amide bonds. The Kier molecular flexibility index (Phi) is 6.23. The number of rotatable bonds is 6. The number of quaternary nitrogens is 1. The standard InChI is InChI=1S/C20H23N3O4S/c1-17(19-8-5-9-20(16-19)23(24)25)21-11-13-22(14-12-21)28(26,27)15-10-18-6-3-2-4-7-18/h2-10,15-17H,11-14H2,1H3/p+1/b15-10+/t17-/m0/s1. The molecule has 0 spiro atoms. The minimum absolute atomic E-state index is 0.0598. The summed E-state index contributed by atoms with van der Waals surface area (Å²) in [5, 5.41) is 12.2. The highest BCUT2D eigenvalue weighted by Crippen LogP contribution is 2.18. The molecule has 1 saturated heterocycles. The molecule has 7 nitrogen and oxygen atoms in total. The third-order valence-electron chi connectivity index (χ3n) is 5.15. The predicted octanol–water partition coefficient (Wildman–Crippen LogP) is 1.86. The van der Waals surface area contributed by atoms with Gasteiger partial charge in [-0.3, -0.25) is 10.1 Å². The Morgan fingerprint density at radius 2 is 1.79 bits per heavy atom. The van der Waals surface area contributed by atoms with Crippen LogP contribution in [0.25, 0.3) is 6.08 Å². The van der Waals surface area contributed by atoms with E-state index in [1.54, 1.807) is 18.2 Å². The van der Waals surface area contributed by atoms with Gasteiger partial charge >= 0.3 is 0 Å². The van der Waals surface area contributed by atoms with Crippen LogP contribution >= 0.6 is 0 Å². The quantitative estimate of drug-likeness (QED) is 0.590. The lowest BCUT2D eigenvalue weighted by molar-refractivity contribution is -0.933. The van der Waals surface area contributed by atoms with E-state index in [1.165, 1.54) is 20.7 Å². The molecule has 3 rings (SSSR count). The summed E-state index contributed by atoms with van der Waals surface area (Å²) >= 11 is 0. The maximum absolute atomic E-state index is 12.6. The van der Waals surface area contributed by atoms with E-state index in [2.05, 4.69) is 0 Å². The molecule has 2 aromatic carbocycles. The van der Waals surface area contributed by atoms with Gasteiger partial charge in [0, 0.05) is 23.1 Å². The number of hydrogen-bond donors (Lipinski definition) is 1. The first-order valence-electron chi connectivity index (χ1n) is 9.19. The number of hydrogen-bond acceptors (Lipinski definition) is 4. The van der Waals surface area contributed by atoms with Crippen LogP contribution in [-0.4, -0.2) is 43.8 Å². The Labute approximate surface area is 165 Å². The number of nitrogens with one attached hydrogen (secondary N) is 1. The molecule has 28 heavy (non-hydrogen) atoms. The van der Waals surface area contributed by atoms with Gasteiger partial charge in [-0.05, 0) is 18.6 Å². The van der Waals surface area contributed by atoms with Gasteiger partial charge in [0.2, 0.25) is 10.0 Å². The van der Waals surface area contributed by atoms with E-state index >= 15 is 0 Å². The number of nitro benzene ring substituents is 1. The van der Waals surface area contributed by atoms with Crippen molar-refractivity contribution in [2.75, 3.05) is 26.2 Å². The molecule has 1 aliphatic rings. The minimum Gasteiger partial charge on any atom is -0.327 e. The molecule has 1 N–H and O–H groups in total. The van der Waals surface area contributed by atoms with Crippen LogP contribution in [0.1, 0.15) is 24.1 Å². The van der Waals surface area contributed by atoms with Gasteiger partial charge in [0.1, 0.15) is 6.04 Å². The van der Waals surface area contributed by atoms with Gasteiger partial charge in [0.15, 0.2) is 0 Å². The third kappa shape index (κ3) is 4.83. The van der Waals surface area contributed by atoms with Crippen LogP contribution in [0.2, 0.25) is 0 Å². The fourth-order valence-electron chi connectivity index (χ4n) is 3.42. The van der Waals surface area contributed by atoms with Gasteiger partial charge in [-0.25, -0.2) is 8.42 Å². The lowest BCUT2D eigenvalue weighted by Crippen LogP contribution is -3.14. The highest BCUT2D eigenvalue weighted by Gasteiger charge is 2.30. The molecule has 0 aliphatic carbocycles. The van der Waals surface area contributed by atoms with Crippen LogP contribution in [0.4, 0.5) is 5.69 Å². The van der Waals surface area contributed by atoms with Crippen molar-refractivity contribution in [1.29, 1.82) is 0 Å². The first kappa shape index (κ1) is 20.2. The maximum Gasteiger partial charge on any atom is 0.269 e. The number of nitro groups is 1. The van der Waals surface area contributed by atoms with Crippen LogP contribution in [0, 0.1) is 10.1 Å². The zero-order valence-corrected chi connectivity index (χ0v) is 16.5. The van der Waals surface area contributed by atoms with Crippen molar-refractivity contribution in [3.63, 3.8) is 0 Å². The Bertz CT molecular complexity index is 952. The van der Waals surface area contributed by atoms with E-state index in [0.29, 0.717) is 26.2 Å². The molecule has 0 radical (unpaired) electrons. The summed E-state index contributed by atoms with van der Waals surface area (Å²) in [5.74, 6) is 0. The molecule has 1 aliphatic heterocycles. The lowest BCUT2D eigenvalue weighted by atomic mass is 10.1. The summed E-state index contributed by atoms with van der Waals surface area (Å²) in [6.45, 7) is 4.19. The minimum atomic E-state index is -3.46. The zero-order valence-electron chi connectivity index (χ0n) is 15.7. The highest BCUT2D eigenvalue weighted by atomic mass is 32.2. The number of benzene rings is 2. The second-order valence-corrected chi connectivity index (χ2v) is 8.71. The van der Waals surface area contributed by atoms with Gasteiger partial charge in [-0.1, -0.05) is 42.5 Å². The van der Waals surface area contributed by atoms with E-state index in [1.807, 2.05) is 43.3 Å². The Hall–Kier alpha value is -2.55. The van der Waals surface area contributed by atoms with Crippen LogP contribution in [-0.2, 0) is 10.0 Å². The molecule has 0 bridgehead atoms. The highest BCUT2D eigenvalue weighted by molar-refractivity contribution is 7.92. The average molecular weight is 402 g/mol. The molecule has 1 atom stereocenters. The van der Waals surface area contributed by atoms with Crippen molar-refractivity contribution < 1.29 is 18.2 Å². The van der Waals surface area contributed by atoms with Crippen LogP contribution in [0.5, 0.6) is 0 Å². The van der Waals surface area contributed by atoms with Crippen molar-refractivity contribution in [1.82, 2.24) is 4.31 Å². The van der Waals surface area contributed by atoms with Crippen LogP contribution in [0.15, 0.2) is 60.0 Å². The van der Waals surface area contributed by atoms with E-state index in [-0.39, 0.29) is 11.7 Å². The SMILES string of the molecule is C[C@@H](c1cccc([N+](=O)[O-])c1)[NH+]1CCN(S(=O)(=O)/C=C/c2ccccc2)CC1. The van der Waals surface area contributed by atoms with Crippen molar-refractivity contribution in [2.45, 2.75) is 13.0 Å². The second-order valence-electron chi connectivity index (χ2n) is 6.89. The normalized spacial score (nSPS) is 17.6. The molecule has 148 valence electrons. The molecule has 0 aromatic heterocycles. The summed E-state index contributed by atoms with van der Waals surface area (Å²) in [4.78, 5) is 11.8. The molecule has 8 heteroatoms. The van der Waals surface area contributed by atoms with Crippen molar-refractivity contribution >= 4 is 21.8 Å². The fraction of sp³-hybridized carbons (Fsp3) is 0.300. The van der Waals surface area contributed by atoms with Gasteiger partial charge in [-0.15, -0.1) is 0 Å². The topological polar surface area (TPSA) is 85.0 Å². The Balaban J connectivity index is 1.63. The summed E-state index contributed by atoms with van der Waals surface area (Å²) in [6, 6.07) is 16.0. The monoisotopic (exact) mass is 402 g/mol. The number of nitrogens with zero attached hydrogens (tertiary/aromatic N) is 2. The van der Waals surface area contributed by atoms with Gasteiger partial charge in [0.05, 0.1) is 31.1 Å². The van der Waals surface area contributed by atoms with E-state index in [4.69, 9.17) is 0 Å². The van der Waals surface area contributed by atoms with Crippen molar-refractivity contribution in [3.05, 3.63) is 81.2 Å². The smallest absolute Gasteiger partial charge is 0.269 e. The molecular weight excluding hydrogens is 378 g/mol. The summed E-state index contributed by atoms with van der Waals surface area (Å²) in [6.07, 6.45) is 1.61. The molecule has 1 fully saturated rings. The molecular formula is C20H24N3O4S+. The first-order chi connectivity index (χ1) is 13.4. The molecule has 0 unspecified atom stereocenters. The summed E-state index contributed by atoms with van der Waals surface area (Å²) in [7, 11) is -3.46. The number of piperazine rings is 1. The number of non-ortho nitro benzene ring substituents is 1. The molecule has 2 aromatic rings. The van der Waals surface area contributed by atoms with E-state index < -0.39 is 14.9 Å². The lowest BCUT2D eigenvalue weighted by Gasteiger charge is -2.34. The van der Waals surface area contributed by atoms with Crippen LogP contribution < -0.4 is 4.90 Å². The predicted molar refractivity (Wildman–Crippen MR) is 108 cm³/mol. The van der Waals surface area contributed by atoms with Gasteiger partial charge in [-0.2, -0.15) is 4.31 Å². The van der Waals surface area contributed by atoms with E-state index in [9.17, 15) is 18.5 Å². The largest absolute Gasteiger partial charge is 0.327 e. The fourth-order valence-corrected chi connectivity index (χ4v) is 4.61. The van der Waals surface area contributed by atoms with Gasteiger partial charge in [0.25, 0.3) is 5.69 Å². The maximum atomic E-state index is 12.6. The average Bonchev–Trinajstić information content (AvgIpc) is 2.73. The number of sulfonamides is 1. The van der Waals surface area contributed by atoms with Crippen molar-refractivity contribution in [2.24, 2.45) is 0 Å². The van der Waals surface area contributed by atoms with Gasteiger partial charge < -0.3 is 4.90 Å². The Morgan fingerprint density at radius 3 is 2.43 bits per heavy atom. The Morgan fingerprint density at radius 1 is 1.11 bits per heavy atom. The molecule has 1 heterocycles. The second kappa shape index (κ2) is 8.64. The van der Waals surface area contributed by atoms with Crippen molar-refractivity contribution in [3.8, 4) is 0 Å². The molecule has 0 saturated carbocycles. The first-order valence-corrected chi connectivity index (χ1v) is 10.7. The summed E-state index contributed by atoms with van der Waals surface area (Å²) < 4.78 is 26.7. The third-order valence-corrected chi connectivity index (χ3v) is 6.71. The van der Waals surface area contributed by atoms with E-state index in [0.717, 1.165) is 11.1 Å². The zero-order chi connectivity index (χ0) is 20.1.